The molecule has 1 aromatic carbocycles. The van der Waals surface area contributed by atoms with Gasteiger partial charge in [-0.1, -0.05) is 5.16 Å². The number of nitrogens with zero attached hydrogens (tertiary/aromatic N) is 5. The maximum Gasteiger partial charge on any atom is 0.258 e. The van der Waals surface area contributed by atoms with E-state index in [4.69, 9.17) is 4.52 Å². The molecule has 0 spiro atoms. The first-order chi connectivity index (χ1) is 15.0. The van der Waals surface area contributed by atoms with Gasteiger partial charge < -0.3 is 19.3 Å². The predicted octanol–water partition coefficient (Wildman–Crippen LogP) is 3.11. The van der Waals surface area contributed by atoms with Crippen LogP contribution < -0.4 is 10.2 Å². The normalized spacial score (nSPS) is 14.7. The molecule has 8 nitrogen and oxygen atoms in total. The van der Waals surface area contributed by atoms with Gasteiger partial charge >= 0.3 is 0 Å². The van der Waals surface area contributed by atoms with Gasteiger partial charge in [0.05, 0.1) is 5.69 Å². The lowest BCUT2D eigenvalue weighted by molar-refractivity contribution is -0.125. The van der Waals surface area contributed by atoms with Gasteiger partial charge in [-0.25, -0.2) is 9.37 Å². The summed E-state index contributed by atoms with van der Waals surface area (Å²) in [4.78, 5) is 22.8. The molecule has 1 N–H and O–H groups in total. The van der Waals surface area contributed by atoms with Crippen LogP contribution in [0.5, 0.6) is 0 Å². The van der Waals surface area contributed by atoms with Crippen molar-refractivity contribution in [2.75, 3.05) is 24.5 Å². The maximum atomic E-state index is 14.7. The SMILES string of the molecule is Cc1noc(-c2ccc(N3CCC(C(=O)NCCCn4ccnc4C)CC3)c(F)c2)n1. The average Bonchev–Trinajstić information content (AvgIpc) is 3.39. The van der Waals surface area contributed by atoms with Gasteiger partial charge in [-0.3, -0.25) is 4.79 Å². The second-order valence-electron chi connectivity index (χ2n) is 7.89. The summed E-state index contributed by atoms with van der Waals surface area (Å²) in [5, 5.41) is 6.78. The van der Waals surface area contributed by atoms with Gasteiger partial charge in [0.2, 0.25) is 5.91 Å². The number of hydrogen-bond donors (Lipinski definition) is 1. The molecule has 1 amide bonds. The lowest BCUT2D eigenvalue weighted by atomic mass is 9.95. The Kier molecular flexibility index (Phi) is 6.29. The van der Waals surface area contributed by atoms with Crippen molar-refractivity contribution < 1.29 is 13.7 Å². The summed E-state index contributed by atoms with van der Waals surface area (Å²) in [6.45, 7) is 6.45. The molecule has 1 fully saturated rings. The van der Waals surface area contributed by atoms with Crippen molar-refractivity contribution in [2.24, 2.45) is 5.92 Å². The molecule has 1 aliphatic rings. The Labute approximate surface area is 180 Å². The zero-order chi connectivity index (χ0) is 21.8. The number of imidazole rings is 1. The summed E-state index contributed by atoms with van der Waals surface area (Å²) in [6, 6.07) is 4.94. The van der Waals surface area contributed by atoms with Crippen molar-refractivity contribution in [3.05, 3.63) is 48.1 Å². The summed E-state index contributed by atoms with van der Waals surface area (Å²) in [5.41, 5.74) is 1.09. The van der Waals surface area contributed by atoms with Crippen LogP contribution in [0.1, 0.15) is 30.9 Å². The van der Waals surface area contributed by atoms with E-state index in [0.29, 0.717) is 55.4 Å². The molecule has 0 radical (unpaired) electrons. The number of halogens is 1. The Balaban J connectivity index is 1.25. The summed E-state index contributed by atoms with van der Waals surface area (Å²) < 4.78 is 21.9. The standard InChI is InChI=1S/C22H27FN6O2/c1-15-26-22(31-27-15)18-4-5-20(19(23)14-18)29-11-6-17(7-12-29)21(30)25-8-3-10-28-13-9-24-16(28)2/h4-5,9,13-14,17H,3,6-8,10-12H2,1-2H3,(H,25,30). The molecule has 1 saturated heterocycles. The van der Waals surface area contributed by atoms with Crippen LogP contribution in [0.4, 0.5) is 10.1 Å². The quantitative estimate of drug-likeness (QED) is 0.584. The Morgan fingerprint density at radius 2 is 2.10 bits per heavy atom. The highest BCUT2D eigenvalue weighted by molar-refractivity contribution is 5.79. The van der Waals surface area contributed by atoms with Crippen LogP contribution in [-0.4, -0.2) is 45.2 Å². The van der Waals surface area contributed by atoms with E-state index in [-0.39, 0.29) is 17.6 Å². The summed E-state index contributed by atoms with van der Waals surface area (Å²) in [7, 11) is 0. The number of aryl methyl sites for hydroxylation is 3. The molecule has 3 heterocycles. The molecule has 2 aromatic heterocycles. The van der Waals surface area contributed by atoms with Crippen molar-refractivity contribution in [1.82, 2.24) is 25.0 Å². The van der Waals surface area contributed by atoms with E-state index in [2.05, 4.69) is 25.0 Å². The minimum Gasteiger partial charge on any atom is -0.369 e. The zero-order valence-electron chi connectivity index (χ0n) is 17.8. The number of piperidine rings is 1. The number of anilines is 1. The number of hydrogen-bond acceptors (Lipinski definition) is 6. The van der Waals surface area contributed by atoms with Crippen LogP contribution in [0.15, 0.2) is 35.1 Å². The molecular formula is C22H27FN6O2. The largest absolute Gasteiger partial charge is 0.369 e. The van der Waals surface area contributed by atoms with Crippen LogP contribution in [0.3, 0.4) is 0 Å². The summed E-state index contributed by atoms with van der Waals surface area (Å²) in [6.07, 6.45) is 6.00. The van der Waals surface area contributed by atoms with E-state index in [0.717, 1.165) is 18.8 Å². The van der Waals surface area contributed by atoms with Gasteiger partial charge in [0.15, 0.2) is 5.82 Å². The number of carbonyl (C=O) groups is 1. The van der Waals surface area contributed by atoms with Crippen LogP contribution in [0.25, 0.3) is 11.5 Å². The lowest BCUT2D eigenvalue weighted by Crippen LogP contribution is -2.41. The van der Waals surface area contributed by atoms with E-state index in [9.17, 15) is 9.18 Å². The third kappa shape index (κ3) is 4.92. The van der Waals surface area contributed by atoms with Crippen molar-refractivity contribution in [3.8, 4) is 11.5 Å². The van der Waals surface area contributed by atoms with E-state index in [1.54, 1.807) is 25.3 Å². The summed E-state index contributed by atoms with van der Waals surface area (Å²) >= 11 is 0. The highest BCUT2D eigenvalue weighted by atomic mass is 19.1. The first-order valence-electron chi connectivity index (χ1n) is 10.6. The number of nitrogens with one attached hydrogen (secondary N) is 1. The number of carbonyl (C=O) groups excluding carboxylic acids is 1. The van der Waals surface area contributed by atoms with Gasteiger partial charge in [0, 0.05) is 50.1 Å². The fraction of sp³-hybridized carbons (Fsp3) is 0.455. The fourth-order valence-electron chi connectivity index (χ4n) is 3.94. The van der Waals surface area contributed by atoms with Crippen molar-refractivity contribution >= 4 is 11.6 Å². The van der Waals surface area contributed by atoms with Gasteiger partial charge in [-0.05, 0) is 51.3 Å². The van der Waals surface area contributed by atoms with Crippen LogP contribution >= 0.6 is 0 Å². The molecule has 0 saturated carbocycles. The second-order valence-corrected chi connectivity index (χ2v) is 7.89. The average molecular weight is 426 g/mol. The molecule has 0 atom stereocenters. The molecule has 0 aliphatic carbocycles. The maximum absolute atomic E-state index is 14.7. The molecule has 3 aromatic rings. The number of rotatable bonds is 7. The third-order valence-corrected chi connectivity index (χ3v) is 5.73. The van der Waals surface area contributed by atoms with Gasteiger partial charge in [0.1, 0.15) is 11.6 Å². The third-order valence-electron chi connectivity index (χ3n) is 5.73. The highest BCUT2D eigenvalue weighted by Gasteiger charge is 2.26. The van der Waals surface area contributed by atoms with Gasteiger partial charge in [0.25, 0.3) is 5.89 Å². The topological polar surface area (TPSA) is 89.1 Å². The molecule has 9 heteroatoms. The summed E-state index contributed by atoms with van der Waals surface area (Å²) in [5.74, 6) is 1.52. The molecule has 164 valence electrons. The molecule has 1 aliphatic heterocycles. The minimum atomic E-state index is -0.328. The first kappa shape index (κ1) is 21.0. The number of aromatic nitrogens is 4. The molecule has 31 heavy (non-hydrogen) atoms. The molecule has 0 bridgehead atoms. The van der Waals surface area contributed by atoms with Crippen molar-refractivity contribution in [3.63, 3.8) is 0 Å². The van der Waals surface area contributed by atoms with Crippen LogP contribution in [-0.2, 0) is 11.3 Å². The van der Waals surface area contributed by atoms with E-state index in [1.807, 2.05) is 18.0 Å². The zero-order valence-corrected chi connectivity index (χ0v) is 17.8. The Bertz CT molecular complexity index is 1040. The van der Waals surface area contributed by atoms with Crippen molar-refractivity contribution in [1.29, 1.82) is 0 Å². The van der Waals surface area contributed by atoms with E-state index < -0.39 is 0 Å². The van der Waals surface area contributed by atoms with Crippen molar-refractivity contribution in [2.45, 2.75) is 39.7 Å². The monoisotopic (exact) mass is 426 g/mol. The second kappa shape index (κ2) is 9.28. The number of amides is 1. The molecular weight excluding hydrogens is 399 g/mol. The van der Waals surface area contributed by atoms with Gasteiger partial charge in [-0.2, -0.15) is 4.98 Å². The van der Waals surface area contributed by atoms with Gasteiger partial charge in [-0.15, -0.1) is 0 Å². The molecule has 4 rings (SSSR count). The predicted molar refractivity (Wildman–Crippen MR) is 114 cm³/mol. The Morgan fingerprint density at radius 3 is 2.74 bits per heavy atom. The lowest BCUT2D eigenvalue weighted by Gasteiger charge is -2.33. The fourth-order valence-corrected chi connectivity index (χ4v) is 3.94. The van der Waals surface area contributed by atoms with Crippen LogP contribution in [0, 0.1) is 25.6 Å². The van der Waals surface area contributed by atoms with Crippen LogP contribution in [0.2, 0.25) is 0 Å². The number of benzene rings is 1. The smallest absolute Gasteiger partial charge is 0.258 e. The molecule has 0 unspecified atom stereocenters. The Morgan fingerprint density at radius 1 is 1.29 bits per heavy atom. The minimum absolute atomic E-state index is 0.0325. The van der Waals surface area contributed by atoms with E-state index >= 15 is 0 Å². The first-order valence-corrected chi connectivity index (χ1v) is 10.6. The highest BCUT2D eigenvalue weighted by Crippen LogP contribution is 2.29. The Hall–Kier alpha value is -3.23. The van der Waals surface area contributed by atoms with E-state index in [1.165, 1.54) is 6.07 Å².